The zero-order valence-corrected chi connectivity index (χ0v) is 23.1. The molecule has 0 heterocycles. The van der Waals surface area contributed by atoms with E-state index in [2.05, 4.69) is 34.9 Å². The number of rotatable bonds is 11. The van der Waals surface area contributed by atoms with Crippen LogP contribution in [0.3, 0.4) is 0 Å². The van der Waals surface area contributed by atoms with Crippen molar-refractivity contribution in [2.45, 2.75) is 50.9 Å². The van der Waals surface area contributed by atoms with Crippen molar-refractivity contribution in [3.8, 4) is 11.1 Å². The summed E-state index contributed by atoms with van der Waals surface area (Å²) in [6, 6.07) is 24.6. The van der Waals surface area contributed by atoms with Gasteiger partial charge in [0.25, 0.3) is 0 Å². The van der Waals surface area contributed by atoms with Crippen molar-refractivity contribution in [1.29, 1.82) is 0 Å². The topological polar surface area (TPSA) is 114 Å². The van der Waals surface area contributed by atoms with Gasteiger partial charge in [-0.1, -0.05) is 85.3 Å². The van der Waals surface area contributed by atoms with Gasteiger partial charge in [-0.2, -0.15) is 0 Å². The van der Waals surface area contributed by atoms with Gasteiger partial charge in [-0.3, -0.25) is 4.79 Å². The number of alkyl carbamates (subject to hydrolysis) is 1. The third kappa shape index (κ3) is 6.60. The zero-order chi connectivity index (χ0) is 28.8. The second-order valence-electron chi connectivity index (χ2n) is 10.8. The molecule has 4 atom stereocenters. The quantitative estimate of drug-likeness (QED) is 0.302. The lowest BCUT2D eigenvalue weighted by molar-refractivity contribution is -0.147. The summed E-state index contributed by atoms with van der Waals surface area (Å²) < 4.78 is 11.4. The second kappa shape index (κ2) is 13.0. The Balaban J connectivity index is 1.12. The van der Waals surface area contributed by atoms with E-state index >= 15 is 0 Å². The fourth-order valence-corrected chi connectivity index (χ4v) is 6.03. The maximum absolute atomic E-state index is 13.2. The summed E-state index contributed by atoms with van der Waals surface area (Å²) in [6.45, 7) is 2.40. The van der Waals surface area contributed by atoms with E-state index in [1.165, 1.54) is 0 Å². The van der Waals surface area contributed by atoms with Gasteiger partial charge < -0.3 is 25.2 Å². The van der Waals surface area contributed by atoms with E-state index in [0.717, 1.165) is 40.7 Å². The molecule has 3 N–H and O–H groups in total. The van der Waals surface area contributed by atoms with Crippen molar-refractivity contribution in [1.82, 2.24) is 10.6 Å². The van der Waals surface area contributed by atoms with Crippen molar-refractivity contribution >= 4 is 18.0 Å². The first-order valence-electron chi connectivity index (χ1n) is 14.2. The maximum atomic E-state index is 13.2. The van der Waals surface area contributed by atoms with Gasteiger partial charge in [0.1, 0.15) is 6.61 Å². The van der Waals surface area contributed by atoms with Crippen LogP contribution in [-0.4, -0.2) is 48.4 Å². The predicted molar refractivity (Wildman–Crippen MR) is 154 cm³/mol. The Labute approximate surface area is 240 Å². The van der Waals surface area contributed by atoms with Crippen LogP contribution in [0.15, 0.2) is 78.9 Å². The number of carbonyl (C=O) groups is 3. The second-order valence-corrected chi connectivity index (χ2v) is 10.8. The van der Waals surface area contributed by atoms with Gasteiger partial charge in [0.2, 0.25) is 5.91 Å². The summed E-state index contributed by atoms with van der Waals surface area (Å²) in [5, 5.41) is 15.3. The van der Waals surface area contributed by atoms with E-state index in [0.29, 0.717) is 6.42 Å². The summed E-state index contributed by atoms with van der Waals surface area (Å²) in [4.78, 5) is 37.8. The summed E-state index contributed by atoms with van der Waals surface area (Å²) in [6.07, 6.45) is 0.973. The molecule has 0 aromatic heterocycles. The van der Waals surface area contributed by atoms with Crippen molar-refractivity contribution in [2.24, 2.45) is 11.8 Å². The number of carboxylic acids is 1. The smallest absolute Gasteiger partial charge is 0.407 e. The minimum absolute atomic E-state index is 0.0304. The molecule has 1 saturated carbocycles. The number of hydrogen-bond acceptors (Lipinski definition) is 5. The van der Waals surface area contributed by atoms with E-state index in [-0.39, 0.29) is 37.5 Å². The van der Waals surface area contributed by atoms with E-state index < -0.39 is 30.1 Å². The molecule has 2 aliphatic rings. The highest BCUT2D eigenvalue weighted by Gasteiger charge is 2.37. The molecule has 0 radical (unpaired) electrons. The number of carbonyl (C=O) groups excluding carboxylic acids is 2. The third-order valence-corrected chi connectivity index (χ3v) is 8.24. The zero-order valence-electron chi connectivity index (χ0n) is 23.1. The Morgan fingerprint density at radius 2 is 1.54 bits per heavy atom. The lowest BCUT2D eigenvalue weighted by Crippen LogP contribution is -2.51. The number of fused-ring (bicyclic) bond motifs is 3. The average molecular weight is 557 g/mol. The van der Waals surface area contributed by atoms with Gasteiger partial charge in [-0.25, -0.2) is 9.59 Å². The molecule has 214 valence electrons. The van der Waals surface area contributed by atoms with Gasteiger partial charge in [0.05, 0.1) is 12.7 Å². The number of benzene rings is 3. The Kier molecular flexibility index (Phi) is 8.99. The molecule has 8 heteroatoms. The van der Waals surface area contributed by atoms with Crippen LogP contribution in [0.25, 0.3) is 11.1 Å². The minimum Gasteiger partial charge on any atom is -0.480 e. The van der Waals surface area contributed by atoms with Crippen molar-refractivity contribution in [2.75, 3.05) is 13.2 Å². The Morgan fingerprint density at radius 1 is 0.902 bits per heavy atom. The van der Waals surface area contributed by atoms with E-state index in [1.807, 2.05) is 54.6 Å². The third-order valence-electron chi connectivity index (χ3n) is 8.24. The lowest BCUT2D eigenvalue weighted by Gasteiger charge is -2.25. The highest BCUT2D eigenvalue weighted by atomic mass is 16.5. The molecule has 8 nitrogen and oxygen atoms in total. The first-order valence-corrected chi connectivity index (χ1v) is 14.2. The molecule has 0 bridgehead atoms. The molecule has 1 fully saturated rings. The molecule has 2 unspecified atom stereocenters. The average Bonchev–Trinajstić information content (AvgIpc) is 3.59. The van der Waals surface area contributed by atoms with Crippen LogP contribution < -0.4 is 10.6 Å². The number of nitrogens with one attached hydrogen (secondary N) is 2. The van der Waals surface area contributed by atoms with E-state index in [4.69, 9.17) is 9.47 Å². The van der Waals surface area contributed by atoms with Crippen LogP contribution in [0.4, 0.5) is 4.79 Å². The maximum Gasteiger partial charge on any atom is 0.407 e. The molecular formula is C33H36N2O6. The van der Waals surface area contributed by atoms with Crippen LogP contribution in [0.1, 0.15) is 48.8 Å². The fourth-order valence-electron chi connectivity index (χ4n) is 6.03. The van der Waals surface area contributed by atoms with Gasteiger partial charge >= 0.3 is 12.1 Å². The lowest BCUT2D eigenvalue weighted by atomic mass is 9.94. The molecule has 3 aromatic rings. The Bertz CT molecular complexity index is 1330. The van der Waals surface area contributed by atoms with Crippen LogP contribution in [0, 0.1) is 11.8 Å². The molecule has 41 heavy (non-hydrogen) atoms. The molecule has 5 rings (SSSR count). The summed E-state index contributed by atoms with van der Waals surface area (Å²) in [5.74, 6) is -2.01. The number of aliphatic carboxylic acids is 1. The van der Waals surface area contributed by atoms with Crippen LogP contribution in [0.2, 0.25) is 0 Å². The Hall–Kier alpha value is -4.17. The molecule has 3 aromatic carbocycles. The van der Waals surface area contributed by atoms with Crippen molar-refractivity contribution in [3.05, 3.63) is 95.6 Å². The number of hydrogen-bond donors (Lipinski definition) is 3. The van der Waals surface area contributed by atoms with Gasteiger partial charge in [0, 0.05) is 18.4 Å². The normalized spacial score (nSPS) is 19.0. The summed E-state index contributed by atoms with van der Waals surface area (Å²) in [5.41, 5.74) is 5.53. The van der Waals surface area contributed by atoms with Crippen LogP contribution in [-0.2, 0) is 25.7 Å². The number of carboxylic acid groups (broad SMARTS) is 1. The van der Waals surface area contributed by atoms with Crippen molar-refractivity contribution < 1.29 is 29.0 Å². The van der Waals surface area contributed by atoms with Gasteiger partial charge in [-0.05, 0) is 53.5 Å². The summed E-state index contributed by atoms with van der Waals surface area (Å²) in [7, 11) is 0. The first kappa shape index (κ1) is 28.4. The Morgan fingerprint density at radius 3 is 2.20 bits per heavy atom. The highest BCUT2D eigenvalue weighted by Crippen LogP contribution is 2.44. The molecule has 0 spiro atoms. The molecule has 0 saturated heterocycles. The fraction of sp³-hybridized carbons (Fsp3) is 0.364. The number of ether oxygens (including phenoxy) is 2. The molecule has 0 aliphatic heterocycles. The van der Waals surface area contributed by atoms with E-state index in [9.17, 15) is 19.5 Å². The van der Waals surface area contributed by atoms with E-state index in [1.54, 1.807) is 6.92 Å². The standard InChI is InChI=1S/C33H36N2O6/c1-21(40-19-22-10-3-2-4-11-22)30(32(37)38)35-31(36)24-17-9-12-23(24)18-34-33(39)41-20-29-27-15-7-5-13-25(27)26-14-6-8-16-28(26)29/h2-8,10-11,13-16,21,23-24,29-30H,9,12,17-20H2,1H3,(H,34,39)(H,35,36)(H,37,38)/t21?,23-,24-,30?/m1/s1. The van der Waals surface area contributed by atoms with Crippen molar-refractivity contribution in [3.63, 3.8) is 0 Å². The van der Waals surface area contributed by atoms with Gasteiger partial charge in [-0.15, -0.1) is 0 Å². The SMILES string of the molecule is CC(OCc1ccccc1)C(NC(=O)[C@@H]1CCC[C@@H]1CNC(=O)OCC1c2ccccc2-c2ccccc21)C(=O)O. The van der Waals surface area contributed by atoms with Gasteiger partial charge in [0.15, 0.2) is 6.04 Å². The van der Waals surface area contributed by atoms with Crippen LogP contribution in [0.5, 0.6) is 0 Å². The summed E-state index contributed by atoms with van der Waals surface area (Å²) >= 11 is 0. The predicted octanol–water partition coefficient (Wildman–Crippen LogP) is 5.12. The first-order chi connectivity index (χ1) is 19.9. The molecular weight excluding hydrogens is 520 g/mol. The number of amides is 2. The minimum atomic E-state index is -1.18. The largest absolute Gasteiger partial charge is 0.480 e. The van der Waals surface area contributed by atoms with Crippen LogP contribution >= 0.6 is 0 Å². The molecule has 2 aliphatic carbocycles. The monoisotopic (exact) mass is 556 g/mol. The highest BCUT2D eigenvalue weighted by molar-refractivity contribution is 5.86. The molecule has 2 amide bonds.